The molecule has 1 atom stereocenters. The average molecular weight is 415 g/mol. The molecular weight excluding hydrogens is 391 g/mol. The van der Waals surface area contributed by atoms with Crippen LogP contribution in [0.2, 0.25) is 0 Å². The minimum Gasteiger partial charge on any atom is -0.497 e. The monoisotopic (exact) mass is 414 g/mol. The number of halogens is 2. The van der Waals surface area contributed by atoms with Gasteiger partial charge >= 0.3 is 6.03 Å². The molecule has 3 rings (SSSR count). The first-order chi connectivity index (χ1) is 12.3. The molecule has 9 heteroatoms. The lowest BCUT2D eigenvalue weighted by Crippen LogP contribution is -2.57. The molecule has 2 N–H and O–H groups in total. The van der Waals surface area contributed by atoms with Gasteiger partial charge in [0.15, 0.2) is 0 Å². The third kappa shape index (κ3) is 6.46. The predicted molar refractivity (Wildman–Crippen MR) is 110 cm³/mol. The number of hydrogen-bond acceptors (Lipinski definition) is 5. The Kier molecular flexibility index (Phi) is 9.71. The second kappa shape index (κ2) is 11.5. The van der Waals surface area contributed by atoms with Crippen molar-refractivity contribution >= 4 is 36.5 Å². The number of methoxy groups -OCH3 is 1. The molecule has 2 aromatic rings. The quantitative estimate of drug-likeness (QED) is 0.786. The van der Waals surface area contributed by atoms with Gasteiger partial charge in [-0.2, -0.15) is 0 Å². The smallest absolute Gasteiger partial charge is 0.322 e. The van der Waals surface area contributed by atoms with Crippen LogP contribution in [0, 0.1) is 0 Å². The molecule has 1 saturated heterocycles. The van der Waals surface area contributed by atoms with Gasteiger partial charge in [-0.05, 0) is 36.4 Å². The molecular formula is C18H24Cl2N4O3. The Morgan fingerprint density at radius 1 is 1.26 bits per heavy atom. The van der Waals surface area contributed by atoms with Gasteiger partial charge in [-0.1, -0.05) is 0 Å². The number of carbonyl (C=O) groups excluding carboxylic acids is 1. The van der Waals surface area contributed by atoms with Crippen molar-refractivity contribution in [3.63, 3.8) is 0 Å². The number of nitrogens with one attached hydrogen (secondary N) is 2. The lowest BCUT2D eigenvalue weighted by molar-refractivity contribution is 0.133. The molecule has 0 radical (unpaired) electrons. The van der Waals surface area contributed by atoms with Crippen molar-refractivity contribution in [2.24, 2.45) is 0 Å². The van der Waals surface area contributed by atoms with Gasteiger partial charge in [-0.15, -0.1) is 24.8 Å². The number of ether oxygens (including phenoxy) is 2. The highest BCUT2D eigenvalue weighted by atomic mass is 35.5. The van der Waals surface area contributed by atoms with Crippen LogP contribution in [-0.2, 0) is 0 Å². The van der Waals surface area contributed by atoms with Crippen molar-refractivity contribution in [1.82, 2.24) is 15.2 Å². The normalized spacial score (nSPS) is 15.7. The molecule has 1 aromatic carbocycles. The fourth-order valence-corrected chi connectivity index (χ4v) is 2.67. The van der Waals surface area contributed by atoms with E-state index in [-0.39, 0.29) is 36.9 Å². The van der Waals surface area contributed by atoms with Gasteiger partial charge < -0.3 is 25.0 Å². The van der Waals surface area contributed by atoms with E-state index in [1.165, 1.54) is 0 Å². The van der Waals surface area contributed by atoms with E-state index in [2.05, 4.69) is 15.6 Å². The second-order valence-corrected chi connectivity index (χ2v) is 5.71. The maximum atomic E-state index is 12.6. The van der Waals surface area contributed by atoms with E-state index in [9.17, 15) is 4.79 Å². The molecule has 0 spiro atoms. The highest BCUT2D eigenvalue weighted by Gasteiger charge is 2.27. The highest BCUT2D eigenvalue weighted by Crippen LogP contribution is 2.17. The van der Waals surface area contributed by atoms with Crippen LogP contribution < -0.4 is 20.1 Å². The predicted octanol–water partition coefficient (Wildman–Crippen LogP) is 2.82. The van der Waals surface area contributed by atoms with Crippen LogP contribution in [0.1, 0.15) is 0 Å². The fraction of sp³-hybridized carbons (Fsp3) is 0.333. The van der Waals surface area contributed by atoms with Gasteiger partial charge in [-0.3, -0.25) is 4.98 Å². The third-order valence-corrected chi connectivity index (χ3v) is 4.03. The number of piperazine rings is 1. The molecule has 2 amide bonds. The molecule has 1 aliphatic heterocycles. The first kappa shape index (κ1) is 22.8. The summed E-state index contributed by atoms with van der Waals surface area (Å²) in [4.78, 5) is 18.5. The number of hydrogen-bond donors (Lipinski definition) is 2. The summed E-state index contributed by atoms with van der Waals surface area (Å²) in [5.41, 5.74) is 0.733. The molecule has 1 aliphatic rings. The molecule has 27 heavy (non-hydrogen) atoms. The molecule has 2 heterocycles. The zero-order valence-electron chi connectivity index (χ0n) is 15.0. The van der Waals surface area contributed by atoms with E-state index in [1.807, 2.05) is 36.4 Å². The molecule has 0 saturated carbocycles. The Labute approximate surface area is 171 Å². The van der Waals surface area contributed by atoms with Gasteiger partial charge in [0, 0.05) is 31.5 Å². The summed E-state index contributed by atoms with van der Waals surface area (Å²) in [6.07, 6.45) is 3.36. The summed E-state index contributed by atoms with van der Waals surface area (Å²) in [7, 11) is 1.61. The lowest BCUT2D eigenvalue weighted by Gasteiger charge is -2.35. The van der Waals surface area contributed by atoms with Crippen LogP contribution in [0.25, 0.3) is 0 Å². The summed E-state index contributed by atoms with van der Waals surface area (Å²) >= 11 is 0. The average Bonchev–Trinajstić information content (AvgIpc) is 2.68. The van der Waals surface area contributed by atoms with Crippen LogP contribution in [-0.4, -0.2) is 55.3 Å². The number of aromatic nitrogens is 1. The standard InChI is InChI=1S/C18H22N4O3.2ClH/c1-24-16-6-4-14(5-7-16)21-18(23)22-10-9-20-11-15(22)13-25-17-3-2-8-19-12-17;;/h2-8,12,15,20H,9-11,13H2,1H3,(H,21,23);2*1H/t15-;;/m0../s1. The topological polar surface area (TPSA) is 75.7 Å². The van der Waals surface area contributed by atoms with Crippen molar-refractivity contribution in [2.45, 2.75) is 6.04 Å². The van der Waals surface area contributed by atoms with Crippen LogP contribution in [0.5, 0.6) is 11.5 Å². The summed E-state index contributed by atoms with van der Waals surface area (Å²) in [5.74, 6) is 1.45. The SMILES string of the molecule is COc1ccc(NC(=O)N2CCNC[C@H]2COc2cccnc2)cc1.Cl.Cl. The largest absolute Gasteiger partial charge is 0.497 e. The Morgan fingerprint density at radius 2 is 2.04 bits per heavy atom. The van der Waals surface area contributed by atoms with Gasteiger partial charge in [0.1, 0.15) is 18.1 Å². The van der Waals surface area contributed by atoms with Crippen molar-refractivity contribution in [1.29, 1.82) is 0 Å². The van der Waals surface area contributed by atoms with E-state index in [0.29, 0.717) is 25.4 Å². The fourth-order valence-electron chi connectivity index (χ4n) is 2.67. The van der Waals surface area contributed by atoms with Crippen molar-refractivity contribution in [3.8, 4) is 11.5 Å². The zero-order chi connectivity index (χ0) is 17.5. The van der Waals surface area contributed by atoms with Crippen molar-refractivity contribution in [3.05, 3.63) is 48.8 Å². The van der Waals surface area contributed by atoms with Crippen LogP contribution in [0.15, 0.2) is 48.8 Å². The number of carbonyl (C=O) groups is 1. The Morgan fingerprint density at radius 3 is 2.70 bits per heavy atom. The number of anilines is 1. The minimum absolute atomic E-state index is 0. The summed E-state index contributed by atoms with van der Waals surface area (Å²) in [6, 6.07) is 10.8. The van der Waals surface area contributed by atoms with Gasteiger partial charge in [-0.25, -0.2) is 4.79 Å². The van der Waals surface area contributed by atoms with Gasteiger partial charge in [0.05, 0.1) is 19.3 Å². The maximum absolute atomic E-state index is 12.6. The van der Waals surface area contributed by atoms with Crippen LogP contribution in [0.3, 0.4) is 0 Å². The van der Waals surface area contributed by atoms with Crippen molar-refractivity contribution < 1.29 is 14.3 Å². The zero-order valence-corrected chi connectivity index (χ0v) is 16.6. The molecule has 148 valence electrons. The minimum atomic E-state index is -0.133. The van der Waals surface area contributed by atoms with E-state index in [4.69, 9.17) is 9.47 Å². The molecule has 0 bridgehead atoms. The number of amides is 2. The summed E-state index contributed by atoms with van der Waals surface area (Å²) < 4.78 is 10.9. The number of nitrogens with zero attached hydrogens (tertiary/aromatic N) is 2. The maximum Gasteiger partial charge on any atom is 0.322 e. The van der Waals surface area contributed by atoms with Gasteiger partial charge in [0.2, 0.25) is 0 Å². The first-order valence-electron chi connectivity index (χ1n) is 8.21. The summed E-state index contributed by atoms with van der Waals surface area (Å²) in [5, 5.41) is 6.23. The van der Waals surface area contributed by atoms with Crippen LogP contribution in [0.4, 0.5) is 10.5 Å². The first-order valence-corrected chi connectivity index (χ1v) is 8.21. The molecule has 1 aromatic heterocycles. The third-order valence-electron chi connectivity index (χ3n) is 4.03. The molecule has 0 aliphatic carbocycles. The molecule has 1 fully saturated rings. The highest BCUT2D eigenvalue weighted by molar-refractivity contribution is 5.89. The number of benzene rings is 1. The molecule has 7 nitrogen and oxygen atoms in total. The second-order valence-electron chi connectivity index (χ2n) is 5.71. The van der Waals surface area contributed by atoms with E-state index in [1.54, 1.807) is 24.4 Å². The lowest BCUT2D eigenvalue weighted by atomic mass is 10.2. The number of rotatable bonds is 5. The van der Waals surface area contributed by atoms with E-state index < -0.39 is 0 Å². The number of pyridine rings is 1. The summed E-state index contributed by atoms with van der Waals surface area (Å²) in [6.45, 7) is 2.49. The van der Waals surface area contributed by atoms with Gasteiger partial charge in [0.25, 0.3) is 0 Å². The van der Waals surface area contributed by atoms with Crippen LogP contribution >= 0.6 is 24.8 Å². The van der Waals surface area contributed by atoms with E-state index in [0.717, 1.165) is 18.0 Å². The van der Waals surface area contributed by atoms with Crippen molar-refractivity contribution in [2.75, 3.05) is 38.7 Å². The Hall–Kier alpha value is -2.22. The van der Waals surface area contributed by atoms with E-state index >= 15 is 0 Å². The molecule has 0 unspecified atom stereocenters. The number of urea groups is 1. The Bertz CT molecular complexity index is 689. The Balaban J connectivity index is 0.00000182.